The molecule has 0 aliphatic carbocycles. The number of benzene rings is 2. The second kappa shape index (κ2) is 6.76. The van der Waals surface area contributed by atoms with Crippen LogP contribution in [-0.2, 0) is 9.47 Å². The summed E-state index contributed by atoms with van der Waals surface area (Å²) in [6.07, 6.45) is 1.10. The average Bonchev–Trinajstić information content (AvgIpc) is 2.49. The molecule has 19 heavy (non-hydrogen) atoms. The van der Waals surface area contributed by atoms with Gasteiger partial charge < -0.3 is 9.47 Å². The lowest BCUT2D eigenvalue weighted by Crippen LogP contribution is -2.14. The molecule has 0 spiro atoms. The van der Waals surface area contributed by atoms with Crippen molar-refractivity contribution < 1.29 is 9.47 Å². The quantitative estimate of drug-likeness (QED) is 0.716. The highest BCUT2D eigenvalue weighted by atomic mass is 16.5. The van der Waals surface area contributed by atoms with Gasteiger partial charge in [-0.15, -0.1) is 0 Å². The summed E-state index contributed by atoms with van der Waals surface area (Å²) in [5, 5.41) is 0. The van der Waals surface area contributed by atoms with Gasteiger partial charge in [-0.2, -0.15) is 0 Å². The molecule has 0 aliphatic rings. The Hall–Kier alpha value is -2.06. The predicted octanol–water partition coefficient (Wildman–Crippen LogP) is 4.28. The monoisotopic (exact) mass is 254 g/mol. The molecule has 2 atom stereocenters. The Bertz CT molecular complexity index is 493. The Morgan fingerprint density at radius 1 is 0.842 bits per heavy atom. The molecule has 0 unspecified atom stereocenters. The topological polar surface area (TPSA) is 18.5 Å². The van der Waals surface area contributed by atoms with E-state index in [4.69, 9.17) is 9.47 Å². The number of methoxy groups -OCH3 is 1. The van der Waals surface area contributed by atoms with Gasteiger partial charge in [-0.3, -0.25) is 0 Å². The van der Waals surface area contributed by atoms with Gasteiger partial charge in [-0.1, -0.05) is 67.2 Å². The average molecular weight is 254 g/mol. The lowest BCUT2D eigenvalue weighted by atomic mass is 9.98. The molecular weight excluding hydrogens is 236 g/mol. The summed E-state index contributed by atoms with van der Waals surface area (Å²) >= 11 is 0. The Labute approximate surface area is 114 Å². The van der Waals surface area contributed by atoms with Crippen LogP contribution in [0.4, 0.5) is 0 Å². The smallest absolute Gasteiger partial charge is 0.153 e. The molecule has 0 aliphatic heterocycles. The molecule has 0 heterocycles. The zero-order valence-electron chi connectivity index (χ0n) is 11.0. The van der Waals surface area contributed by atoms with E-state index < -0.39 is 0 Å². The number of hydrogen-bond acceptors (Lipinski definition) is 2. The predicted molar refractivity (Wildman–Crippen MR) is 76.7 cm³/mol. The van der Waals surface area contributed by atoms with E-state index in [9.17, 15) is 0 Å². The minimum Gasteiger partial charge on any atom is -0.491 e. The maximum absolute atomic E-state index is 5.67. The van der Waals surface area contributed by atoms with Crippen molar-refractivity contribution in [3.63, 3.8) is 0 Å². The molecule has 0 radical (unpaired) electrons. The minimum absolute atomic E-state index is 0.165. The maximum Gasteiger partial charge on any atom is 0.153 e. The van der Waals surface area contributed by atoms with Gasteiger partial charge in [0, 0.05) is 7.11 Å². The summed E-state index contributed by atoms with van der Waals surface area (Å²) in [7, 11) is 1.69. The molecule has 0 saturated carbocycles. The fraction of sp³-hybridized carbons (Fsp3) is 0.176. The Kier molecular flexibility index (Phi) is 4.76. The van der Waals surface area contributed by atoms with Gasteiger partial charge in [0.05, 0.1) is 6.26 Å². The first-order valence-corrected chi connectivity index (χ1v) is 6.26. The largest absolute Gasteiger partial charge is 0.491 e. The Morgan fingerprint density at radius 2 is 1.32 bits per heavy atom. The van der Waals surface area contributed by atoms with Crippen LogP contribution < -0.4 is 0 Å². The van der Waals surface area contributed by atoms with E-state index in [1.807, 2.05) is 60.7 Å². The molecule has 2 aromatic carbocycles. The van der Waals surface area contributed by atoms with E-state index in [-0.39, 0.29) is 12.2 Å². The van der Waals surface area contributed by atoms with E-state index in [1.54, 1.807) is 7.11 Å². The van der Waals surface area contributed by atoms with Crippen LogP contribution in [-0.4, -0.2) is 7.11 Å². The van der Waals surface area contributed by atoms with Gasteiger partial charge in [0.1, 0.15) is 6.10 Å². The second-order valence-electron chi connectivity index (χ2n) is 4.20. The summed E-state index contributed by atoms with van der Waals surface area (Å²) in [5.41, 5.74) is 2.15. The molecule has 0 fully saturated rings. The molecule has 2 heteroatoms. The molecule has 2 aromatic rings. The van der Waals surface area contributed by atoms with Gasteiger partial charge in [0.15, 0.2) is 6.10 Å². The van der Waals surface area contributed by atoms with E-state index in [1.165, 1.54) is 6.26 Å². The lowest BCUT2D eigenvalue weighted by molar-refractivity contribution is -0.0227. The summed E-state index contributed by atoms with van der Waals surface area (Å²) in [4.78, 5) is 0. The molecule has 2 rings (SSSR count). The van der Waals surface area contributed by atoms with Crippen molar-refractivity contribution in [1.82, 2.24) is 0 Å². The molecule has 0 bridgehead atoms. The van der Waals surface area contributed by atoms with Crippen LogP contribution in [0.5, 0.6) is 0 Å². The number of hydrogen-bond donors (Lipinski definition) is 0. The molecule has 98 valence electrons. The Balaban J connectivity index is 2.34. The Morgan fingerprint density at radius 3 is 1.74 bits per heavy atom. The van der Waals surface area contributed by atoms with Crippen molar-refractivity contribution in [2.45, 2.75) is 12.2 Å². The van der Waals surface area contributed by atoms with Crippen molar-refractivity contribution in [1.29, 1.82) is 0 Å². The van der Waals surface area contributed by atoms with E-state index in [0.29, 0.717) is 0 Å². The molecule has 0 amide bonds. The van der Waals surface area contributed by atoms with E-state index >= 15 is 0 Å². The minimum atomic E-state index is -0.203. The molecule has 0 N–H and O–H groups in total. The van der Waals surface area contributed by atoms with Crippen LogP contribution in [0.2, 0.25) is 0 Å². The zero-order valence-corrected chi connectivity index (χ0v) is 11.0. The van der Waals surface area contributed by atoms with Crippen LogP contribution in [0, 0.1) is 0 Å². The molecule has 0 aromatic heterocycles. The van der Waals surface area contributed by atoms with Crippen LogP contribution in [0.25, 0.3) is 0 Å². The molecule has 2 nitrogen and oxygen atoms in total. The lowest BCUT2D eigenvalue weighted by Gasteiger charge is -2.26. The van der Waals surface area contributed by atoms with Crippen molar-refractivity contribution in [3.8, 4) is 0 Å². The first-order valence-electron chi connectivity index (χ1n) is 6.26. The summed E-state index contributed by atoms with van der Waals surface area (Å²) < 4.78 is 11.3. The maximum atomic E-state index is 5.67. The molecular formula is C17H18O2. The first kappa shape index (κ1) is 13.4. The summed E-state index contributed by atoms with van der Waals surface area (Å²) in [6.45, 7) is 3.66. The fourth-order valence-corrected chi connectivity index (χ4v) is 2.15. The van der Waals surface area contributed by atoms with E-state index in [0.717, 1.165) is 11.1 Å². The standard InChI is InChI=1S/C17H18O2/c1-3-19-17(15-12-8-5-9-13-15)16(18-2)14-10-6-4-7-11-14/h3-13,16-17H,1H2,2H3/t16-,17+/m0/s1. The fourth-order valence-electron chi connectivity index (χ4n) is 2.15. The third-order valence-corrected chi connectivity index (χ3v) is 3.03. The third kappa shape index (κ3) is 3.24. The highest BCUT2D eigenvalue weighted by molar-refractivity contribution is 5.25. The van der Waals surface area contributed by atoms with Crippen molar-refractivity contribution in [2.75, 3.05) is 7.11 Å². The van der Waals surface area contributed by atoms with Gasteiger partial charge in [0.25, 0.3) is 0 Å². The van der Waals surface area contributed by atoms with Crippen LogP contribution >= 0.6 is 0 Å². The van der Waals surface area contributed by atoms with Crippen LogP contribution in [0.3, 0.4) is 0 Å². The third-order valence-electron chi connectivity index (χ3n) is 3.03. The summed E-state index contributed by atoms with van der Waals surface area (Å²) in [5.74, 6) is 0. The van der Waals surface area contributed by atoms with Gasteiger partial charge >= 0.3 is 0 Å². The van der Waals surface area contributed by atoms with Crippen molar-refractivity contribution >= 4 is 0 Å². The van der Waals surface area contributed by atoms with Crippen molar-refractivity contribution in [2.24, 2.45) is 0 Å². The summed E-state index contributed by atoms with van der Waals surface area (Å²) in [6, 6.07) is 20.1. The van der Waals surface area contributed by atoms with Gasteiger partial charge in [-0.05, 0) is 11.1 Å². The van der Waals surface area contributed by atoms with Crippen molar-refractivity contribution in [3.05, 3.63) is 84.6 Å². The SMILES string of the molecule is C=CO[C@H](c1ccccc1)[C@@H](OC)c1ccccc1. The van der Waals surface area contributed by atoms with E-state index in [2.05, 4.69) is 6.58 Å². The molecule has 0 saturated heterocycles. The number of ether oxygens (including phenoxy) is 2. The van der Waals surface area contributed by atoms with Crippen LogP contribution in [0.1, 0.15) is 23.3 Å². The zero-order chi connectivity index (χ0) is 13.5. The number of rotatable bonds is 6. The highest BCUT2D eigenvalue weighted by Gasteiger charge is 2.25. The normalized spacial score (nSPS) is 13.5. The van der Waals surface area contributed by atoms with Gasteiger partial charge in [-0.25, -0.2) is 0 Å². The van der Waals surface area contributed by atoms with Crippen LogP contribution in [0.15, 0.2) is 73.5 Å². The first-order chi connectivity index (χ1) is 9.36. The second-order valence-corrected chi connectivity index (χ2v) is 4.20. The van der Waals surface area contributed by atoms with Gasteiger partial charge in [0.2, 0.25) is 0 Å². The highest BCUT2D eigenvalue weighted by Crippen LogP contribution is 2.34.